The number of amides is 1. The third-order valence-electron chi connectivity index (χ3n) is 2.67. The van der Waals surface area contributed by atoms with Crippen LogP contribution in [-0.4, -0.2) is 13.0 Å². The number of rotatable bonds is 4. The number of carbonyl (C=O) groups is 1. The topological polar surface area (TPSA) is 54.3 Å². The van der Waals surface area contributed by atoms with Gasteiger partial charge >= 0.3 is 0 Å². The molecular formula is C14H16N2O2. The van der Waals surface area contributed by atoms with Crippen molar-refractivity contribution in [3.8, 4) is 0 Å². The van der Waals surface area contributed by atoms with E-state index in [4.69, 9.17) is 4.42 Å². The van der Waals surface area contributed by atoms with Gasteiger partial charge in [0.1, 0.15) is 5.76 Å². The van der Waals surface area contributed by atoms with Crippen LogP contribution < -0.4 is 10.6 Å². The molecule has 2 N–H and O–H groups in total. The van der Waals surface area contributed by atoms with Gasteiger partial charge in [-0.15, -0.1) is 0 Å². The highest BCUT2D eigenvalue weighted by atomic mass is 16.3. The molecule has 0 aliphatic heterocycles. The Kier molecular flexibility index (Phi) is 3.79. The Bertz CT molecular complexity index is 546. The molecule has 0 saturated heterocycles. The second kappa shape index (κ2) is 5.51. The zero-order chi connectivity index (χ0) is 13.0. The third-order valence-corrected chi connectivity index (χ3v) is 2.67. The second-order valence-electron chi connectivity index (χ2n) is 4.08. The molecule has 0 atom stereocenters. The van der Waals surface area contributed by atoms with Crippen LogP contribution in [0, 0.1) is 6.92 Å². The van der Waals surface area contributed by atoms with Gasteiger partial charge in [-0.3, -0.25) is 4.79 Å². The van der Waals surface area contributed by atoms with E-state index in [2.05, 4.69) is 10.6 Å². The van der Waals surface area contributed by atoms with E-state index >= 15 is 0 Å². The van der Waals surface area contributed by atoms with Crippen LogP contribution in [-0.2, 0) is 6.54 Å². The summed E-state index contributed by atoms with van der Waals surface area (Å²) >= 11 is 0. The molecule has 2 aromatic rings. The van der Waals surface area contributed by atoms with Crippen LogP contribution in [0.15, 0.2) is 41.0 Å². The van der Waals surface area contributed by atoms with Crippen molar-refractivity contribution in [2.45, 2.75) is 13.5 Å². The van der Waals surface area contributed by atoms with Crippen molar-refractivity contribution in [2.24, 2.45) is 0 Å². The number of carbonyl (C=O) groups excluding carboxylic acids is 1. The van der Waals surface area contributed by atoms with Crippen LogP contribution in [0.5, 0.6) is 0 Å². The van der Waals surface area contributed by atoms with E-state index in [9.17, 15) is 4.79 Å². The predicted octanol–water partition coefficient (Wildman–Crippen LogP) is 2.56. The van der Waals surface area contributed by atoms with Crippen LogP contribution in [0.4, 0.5) is 5.69 Å². The van der Waals surface area contributed by atoms with Crippen molar-refractivity contribution in [2.75, 3.05) is 12.4 Å². The first-order chi connectivity index (χ1) is 8.70. The number of nitrogens with one attached hydrogen (secondary N) is 2. The average molecular weight is 244 g/mol. The Balaban J connectivity index is 2.12. The Morgan fingerprint density at radius 3 is 2.83 bits per heavy atom. The second-order valence-corrected chi connectivity index (χ2v) is 4.08. The minimum Gasteiger partial charge on any atom is -0.469 e. The van der Waals surface area contributed by atoms with E-state index in [-0.39, 0.29) is 5.91 Å². The Morgan fingerprint density at radius 1 is 1.33 bits per heavy atom. The third kappa shape index (κ3) is 2.78. The van der Waals surface area contributed by atoms with Crippen molar-refractivity contribution in [3.63, 3.8) is 0 Å². The van der Waals surface area contributed by atoms with Crippen molar-refractivity contribution < 1.29 is 9.21 Å². The van der Waals surface area contributed by atoms with Crippen molar-refractivity contribution in [3.05, 3.63) is 53.5 Å². The van der Waals surface area contributed by atoms with Crippen LogP contribution in [0.25, 0.3) is 0 Å². The molecule has 94 valence electrons. The van der Waals surface area contributed by atoms with Crippen LogP contribution >= 0.6 is 0 Å². The normalized spacial score (nSPS) is 10.3. The summed E-state index contributed by atoms with van der Waals surface area (Å²) in [5.41, 5.74) is 2.47. The van der Waals surface area contributed by atoms with Gasteiger partial charge in [-0.05, 0) is 37.7 Å². The van der Waals surface area contributed by atoms with E-state index < -0.39 is 0 Å². The van der Waals surface area contributed by atoms with Crippen LogP contribution in [0.1, 0.15) is 21.7 Å². The summed E-state index contributed by atoms with van der Waals surface area (Å²) in [6, 6.07) is 9.41. The first kappa shape index (κ1) is 12.4. The lowest BCUT2D eigenvalue weighted by Crippen LogP contribution is -2.12. The summed E-state index contributed by atoms with van der Waals surface area (Å²) in [6.07, 6.45) is 1.52. The summed E-state index contributed by atoms with van der Waals surface area (Å²) < 4.78 is 5.11. The van der Waals surface area contributed by atoms with E-state index in [0.29, 0.717) is 11.3 Å². The van der Waals surface area contributed by atoms with Crippen molar-refractivity contribution >= 4 is 11.6 Å². The monoisotopic (exact) mass is 244 g/mol. The molecule has 0 spiro atoms. The molecule has 2 rings (SSSR count). The zero-order valence-electron chi connectivity index (χ0n) is 10.5. The first-order valence-corrected chi connectivity index (χ1v) is 5.79. The molecule has 1 heterocycles. The molecule has 4 nitrogen and oxygen atoms in total. The minimum atomic E-state index is -0.150. The summed E-state index contributed by atoms with van der Waals surface area (Å²) in [4.78, 5) is 12.0. The van der Waals surface area contributed by atoms with Gasteiger partial charge in [0.2, 0.25) is 0 Å². The van der Waals surface area contributed by atoms with Gasteiger partial charge in [0.05, 0.1) is 11.8 Å². The molecule has 1 aromatic carbocycles. The lowest BCUT2D eigenvalue weighted by Gasteiger charge is -2.06. The Labute approximate surface area is 106 Å². The molecule has 0 aliphatic carbocycles. The van der Waals surface area contributed by atoms with Gasteiger partial charge in [0.25, 0.3) is 5.91 Å². The van der Waals surface area contributed by atoms with Gasteiger partial charge in [-0.1, -0.05) is 12.1 Å². The van der Waals surface area contributed by atoms with E-state index in [0.717, 1.165) is 17.8 Å². The van der Waals surface area contributed by atoms with Gasteiger partial charge in [-0.2, -0.15) is 0 Å². The molecule has 0 aliphatic rings. The zero-order valence-corrected chi connectivity index (χ0v) is 10.5. The standard InChI is InChI=1S/C14H16N2O2/c1-10-13(6-7-18-10)14(17)16-12-5-3-4-11(8-12)9-15-2/h3-8,15H,9H2,1-2H3,(H,16,17). The molecule has 0 radical (unpaired) electrons. The predicted molar refractivity (Wildman–Crippen MR) is 70.6 cm³/mol. The number of hydrogen-bond donors (Lipinski definition) is 2. The molecule has 0 fully saturated rings. The summed E-state index contributed by atoms with van der Waals surface area (Å²) in [5.74, 6) is 0.474. The number of benzene rings is 1. The smallest absolute Gasteiger partial charge is 0.259 e. The number of hydrogen-bond acceptors (Lipinski definition) is 3. The summed E-state index contributed by atoms with van der Waals surface area (Å²) in [7, 11) is 1.89. The van der Waals surface area contributed by atoms with Crippen molar-refractivity contribution in [1.82, 2.24) is 5.32 Å². The highest BCUT2D eigenvalue weighted by Gasteiger charge is 2.11. The quantitative estimate of drug-likeness (QED) is 0.869. The van der Waals surface area contributed by atoms with Crippen LogP contribution in [0.3, 0.4) is 0 Å². The lowest BCUT2D eigenvalue weighted by atomic mass is 10.2. The number of furan rings is 1. The number of aryl methyl sites for hydroxylation is 1. The average Bonchev–Trinajstić information content (AvgIpc) is 2.76. The summed E-state index contributed by atoms with van der Waals surface area (Å²) in [5, 5.41) is 5.93. The molecule has 1 amide bonds. The molecule has 18 heavy (non-hydrogen) atoms. The maximum atomic E-state index is 12.0. The largest absolute Gasteiger partial charge is 0.469 e. The fourth-order valence-corrected chi connectivity index (χ4v) is 1.78. The van der Waals surface area contributed by atoms with Crippen LogP contribution in [0.2, 0.25) is 0 Å². The van der Waals surface area contributed by atoms with Gasteiger partial charge in [0, 0.05) is 12.2 Å². The fourth-order valence-electron chi connectivity index (χ4n) is 1.78. The highest BCUT2D eigenvalue weighted by Crippen LogP contribution is 2.14. The molecule has 4 heteroatoms. The molecule has 1 aromatic heterocycles. The Hall–Kier alpha value is -2.07. The maximum absolute atomic E-state index is 12.0. The van der Waals surface area contributed by atoms with E-state index in [1.807, 2.05) is 31.3 Å². The molecular weight excluding hydrogens is 228 g/mol. The summed E-state index contributed by atoms with van der Waals surface area (Å²) in [6.45, 7) is 2.54. The molecule has 0 unspecified atom stereocenters. The molecule has 0 saturated carbocycles. The van der Waals surface area contributed by atoms with E-state index in [1.54, 1.807) is 13.0 Å². The van der Waals surface area contributed by atoms with E-state index in [1.165, 1.54) is 6.26 Å². The van der Waals surface area contributed by atoms with Gasteiger partial charge < -0.3 is 15.1 Å². The SMILES string of the molecule is CNCc1cccc(NC(=O)c2ccoc2C)c1. The lowest BCUT2D eigenvalue weighted by molar-refractivity contribution is 0.102. The highest BCUT2D eigenvalue weighted by molar-refractivity contribution is 6.04. The van der Waals surface area contributed by atoms with Gasteiger partial charge in [-0.25, -0.2) is 0 Å². The minimum absolute atomic E-state index is 0.150. The first-order valence-electron chi connectivity index (χ1n) is 5.79. The molecule has 0 bridgehead atoms. The van der Waals surface area contributed by atoms with Crippen molar-refractivity contribution in [1.29, 1.82) is 0 Å². The Morgan fingerprint density at radius 2 is 2.17 bits per heavy atom. The fraction of sp³-hybridized carbons (Fsp3) is 0.214. The van der Waals surface area contributed by atoms with Gasteiger partial charge in [0.15, 0.2) is 0 Å². The number of anilines is 1. The maximum Gasteiger partial charge on any atom is 0.259 e.